The van der Waals surface area contributed by atoms with Gasteiger partial charge in [0.1, 0.15) is 30.4 Å². The van der Waals surface area contributed by atoms with Crippen LogP contribution in [0, 0.1) is 0 Å². The van der Waals surface area contributed by atoms with Crippen LogP contribution in [0.2, 0.25) is 0 Å². The molecule has 2 rings (SSSR count). The molecule has 0 saturated heterocycles. The molecule has 0 unspecified atom stereocenters. The molecule has 0 bridgehead atoms. The predicted molar refractivity (Wildman–Crippen MR) is 67.8 cm³/mol. The van der Waals surface area contributed by atoms with Gasteiger partial charge in [-0.15, -0.1) is 0 Å². The van der Waals surface area contributed by atoms with Gasteiger partial charge in [0, 0.05) is 10.8 Å². The molecule has 0 heterocycles. The van der Waals surface area contributed by atoms with E-state index in [1.54, 1.807) is 0 Å². The van der Waals surface area contributed by atoms with E-state index < -0.39 is 55.8 Å². The summed E-state index contributed by atoms with van der Waals surface area (Å²) in [6.45, 7) is 0. The average Bonchev–Trinajstić information content (AvgIpc) is 2.33. The summed E-state index contributed by atoms with van der Waals surface area (Å²) in [7, 11) is -15.1. The van der Waals surface area contributed by atoms with Crippen LogP contribution in [0.15, 0.2) is 45.0 Å². The van der Waals surface area contributed by atoms with E-state index in [1.807, 2.05) is 0 Å². The smallest absolute Gasteiger partial charge is 0.744 e. The fourth-order valence-electron chi connectivity index (χ4n) is 1.86. The topological polar surface area (TPSA) is 172 Å². The van der Waals surface area contributed by atoms with Gasteiger partial charge in [0.05, 0.1) is 14.7 Å². The molecule has 0 spiro atoms. The standard InChI is InChI=1S/C10H8O9S3.3K/c11-20(12,13)6-1-2-7-8(5-6)10(22(17,18)19)4-3-9(7)21(14,15)16;;;/h1-5H,(H,11,12,13)(H,14,15,16)(H,17,18,19);;;/q;3*+1/p-3. The summed E-state index contributed by atoms with van der Waals surface area (Å²) in [5, 5.41) is -1.11. The van der Waals surface area contributed by atoms with Crippen LogP contribution in [-0.2, 0) is 30.4 Å². The van der Waals surface area contributed by atoms with Crippen molar-refractivity contribution >= 4 is 41.1 Å². The third-order valence-corrected chi connectivity index (χ3v) is 5.36. The zero-order valence-electron chi connectivity index (χ0n) is 13.3. The Morgan fingerprint density at radius 2 is 0.960 bits per heavy atom. The van der Waals surface area contributed by atoms with Gasteiger partial charge in [-0.1, -0.05) is 6.07 Å². The Hall–Kier alpha value is 3.34. The summed E-state index contributed by atoms with van der Waals surface area (Å²) in [5.74, 6) is 0. The van der Waals surface area contributed by atoms with Crippen LogP contribution in [0.1, 0.15) is 0 Å². The summed E-state index contributed by atoms with van der Waals surface area (Å²) in [6, 6.07) is 3.22. The van der Waals surface area contributed by atoms with Gasteiger partial charge < -0.3 is 13.7 Å². The van der Waals surface area contributed by atoms with Crippen molar-refractivity contribution in [1.29, 1.82) is 0 Å². The first-order valence-electron chi connectivity index (χ1n) is 5.26. The summed E-state index contributed by atoms with van der Waals surface area (Å²) >= 11 is 0. The molecule has 0 saturated carbocycles. The SMILES string of the molecule is O=S(=O)([O-])c1ccc2c(S(=O)(=O)[O-])ccc(S(=O)(=O)[O-])c2c1.[K+].[K+].[K+]. The molecule has 15 heteroatoms. The summed E-state index contributed by atoms with van der Waals surface area (Å²) in [5.41, 5.74) is 0. The molecular formula is C10H5K3O9S3. The van der Waals surface area contributed by atoms with Crippen molar-refractivity contribution in [2.75, 3.05) is 0 Å². The van der Waals surface area contributed by atoms with E-state index in [4.69, 9.17) is 0 Å². The first-order chi connectivity index (χ1) is 9.82. The van der Waals surface area contributed by atoms with Crippen LogP contribution in [0.25, 0.3) is 10.8 Å². The molecule has 0 fully saturated rings. The predicted octanol–water partition coefficient (Wildman–Crippen LogP) is -9.44. The molecule has 0 amide bonds. The summed E-state index contributed by atoms with van der Waals surface area (Å²) in [4.78, 5) is -2.66. The van der Waals surface area contributed by atoms with Crippen LogP contribution in [0.3, 0.4) is 0 Å². The molecule has 120 valence electrons. The fraction of sp³-hybridized carbons (Fsp3) is 0. The molecule has 0 radical (unpaired) electrons. The van der Waals surface area contributed by atoms with Crippen molar-refractivity contribution in [2.24, 2.45) is 0 Å². The van der Waals surface area contributed by atoms with E-state index in [0.29, 0.717) is 24.3 Å². The molecule has 0 atom stereocenters. The molecule has 0 aliphatic rings. The molecule has 25 heavy (non-hydrogen) atoms. The van der Waals surface area contributed by atoms with Gasteiger partial charge in [0.15, 0.2) is 0 Å². The maximum Gasteiger partial charge on any atom is 1.00 e. The molecule has 0 N–H and O–H groups in total. The van der Waals surface area contributed by atoms with E-state index in [-0.39, 0.29) is 154 Å². The van der Waals surface area contributed by atoms with Crippen molar-refractivity contribution in [2.45, 2.75) is 14.7 Å². The number of hydrogen-bond acceptors (Lipinski definition) is 9. The van der Waals surface area contributed by atoms with Crippen molar-refractivity contribution in [3.8, 4) is 0 Å². The third-order valence-electron chi connectivity index (χ3n) is 2.74. The van der Waals surface area contributed by atoms with Crippen LogP contribution in [0.4, 0.5) is 0 Å². The maximum absolute atomic E-state index is 11.2. The second-order valence-corrected chi connectivity index (χ2v) is 8.21. The monoisotopic (exact) mass is 482 g/mol. The first-order valence-corrected chi connectivity index (χ1v) is 9.49. The fourth-order valence-corrected chi connectivity index (χ4v) is 3.72. The van der Waals surface area contributed by atoms with Gasteiger partial charge in [-0.25, -0.2) is 25.3 Å². The Morgan fingerprint density at radius 3 is 1.32 bits per heavy atom. The van der Waals surface area contributed by atoms with Crippen molar-refractivity contribution in [3.63, 3.8) is 0 Å². The Labute approximate surface area is 272 Å². The van der Waals surface area contributed by atoms with E-state index >= 15 is 0 Å². The van der Waals surface area contributed by atoms with E-state index in [9.17, 15) is 38.9 Å². The quantitative estimate of drug-likeness (QED) is 0.304. The zero-order chi connectivity index (χ0) is 16.9. The minimum absolute atomic E-state index is 0. The maximum atomic E-state index is 11.2. The zero-order valence-corrected chi connectivity index (χ0v) is 25.1. The van der Waals surface area contributed by atoms with Gasteiger partial charge in [-0.2, -0.15) is 0 Å². The van der Waals surface area contributed by atoms with E-state index in [2.05, 4.69) is 0 Å². The van der Waals surface area contributed by atoms with Crippen LogP contribution in [-0.4, -0.2) is 38.9 Å². The molecule has 9 nitrogen and oxygen atoms in total. The molecule has 0 aliphatic carbocycles. The molecule has 2 aromatic carbocycles. The molecular weight excluding hydrogens is 478 g/mol. The van der Waals surface area contributed by atoms with Gasteiger partial charge in [-0.3, -0.25) is 0 Å². The Bertz CT molecular complexity index is 1090. The number of benzene rings is 2. The summed E-state index contributed by atoms with van der Waals surface area (Å²) < 4.78 is 99.7. The van der Waals surface area contributed by atoms with Gasteiger partial charge in [-0.05, 0) is 24.3 Å². The number of hydrogen-bond donors (Lipinski definition) is 0. The van der Waals surface area contributed by atoms with Crippen molar-refractivity contribution in [1.82, 2.24) is 0 Å². The van der Waals surface area contributed by atoms with Crippen LogP contribution < -0.4 is 154 Å². The molecule has 0 aromatic heterocycles. The second-order valence-electron chi connectivity index (χ2n) is 4.13. The third kappa shape index (κ3) is 7.83. The number of rotatable bonds is 3. The normalized spacial score (nSPS) is 11.8. The van der Waals surface area contributed by atoms with Crippen LogP contribution in [0.5, 0.6) is 0 Å². The van der Waals surface area contributed by atoms with E-state index in [0.717, 1.165) is 6.07 Å². The largest absolute Gasteiger partial charge is 1.00 e. The number of fused-ring (bicyclic) bond motifs is 1. The van der Waals surface area contributed by atoms with Crippen molar-refractivity contribution < 1.29 is 193 Å². The van der Waals surface area contributed by atoms with Gasteiger partial charge in [0.25, 0.3) is 0 Å². The Kier molecular flexibility index (Phi) is 13.6. The second kappa shape index (κ2) is 11.1. The molecule has 0 aliphatic heterocycles. The van der Waals surface area contributed by atoms with Gasteiger partial charge >= 0.3 is 154 Å². The Balaban J connectivity index is 0. The molecule has 2 aromatic rings. The average molecular weight is 483 g/mol. The minimum atomic E-state index is -5.10. The summed E-state index contributed by atoms with van der Waals surface area (Å²) in [6.07, 6.45) is 0. The van der Waals surface area contributed by atoms with Crippen LogP contribution >= 0.6 is 0 Å². The first kappa shape index (κ1) is 30.5. The van der Waals surface area contributed by atoms with Gasteiger partial charge in [0.2, 0.25) is 0 Å². The minimum Gasteiger partial charge on any atom is -0.744 e. The van der Waals surface area contributed by atoms with E-state index in [1.165, 1.54) is 0 Å². The van der Waals surface area contributed by atoms with Crippen molar-refractivity contribution in [3.05, 3.63) is 30.3 Å². The Morgan fingerprint density at radius 1 is 0.560 bits per heavy atom.